The van der Waals surface area contributed by atoms with Crippen molar-refractivity contribution in [1.29, 1.82) is 0 Å². The Morgan fingerprint density at radius 3 is 2.61 bits per heavy atom. The van der Waals surface area contributed by atoms with Gasteiger partial charge in [-0.3, -0.25) is 0 Å². The lowest BCUT2D eigenvalue weighted by Crippen LogP contribution is -1.99. The summed E-state index contributed by atoms with van der Waals surface area (Å²) in [5.74, 6) is 1.89. The van der Waals surface area contributed by atoms with Crippen LogP contribution >= 0.6 is 11.6 Å². The van der Waals surface area contributed by atoms with E-state index in [1.165, 1.54) is 5.56 Å². The molecule has 0 aliphatic heterocycles. The number of ether oxygens (including phenoxy) is 2. The largest absolute Gasteiger partial charge is 0.487 e. The monoisotopic (exact) mass is 326 g/mol. The molecule has 0 radical (unpaired) electrons. The highest BCUT2D eigenvalue weighted by Crippen LogP contribution is 2.21. The molecule has 1 aromatic carbocycles. The second-order valence-electron chi connectivity index (χ2n) is 4.99. The fraction of sp³-hybridized carbons (Fsp3) is 0.111. The van der Waals surface area contributed by atoms with Gasteiger partial charge >= 0.3 is 0 Å². The van der Waals surface area contributed by atoms with E-state index in [4.69, 9.17) is 21.1 Å². The first kappa shape index (κ1) is 15.3. The zero-order valence-electron chi connectivity index (χ0n) is 12.6. The van der Waals surface area contributed by atoms with Gasteiger partial charge in [-0.15, -0.1) is 0 Å². The lowest BCUT2D eigenvalue weighted by Gasteiger charge is -2.08. The summed E-state index contributed by atoms with van der Waals surface area (Å²) in [6, 6.07) is 16.8. The summed E-state index contributed by atoms with van der Waals surface area (Å²) < 4.78 is 11.4. The van der Waals surface area contributed by atoms with Crippen LogP contribution in [0.25, 0.3) is 0 Å². The SMILES string of the molecule is Cc1ccc(OCc2cccc(Oc3ccnc(Cl)c3)n2)cc1. The van der Waals surface area contributed by atoms with Crippen molar-refractivity contribution in [1.82, 2.24) is 9.97 Å². The zero-order valence-corrected chi connectivity index (χ0v) is 13.3. The van der Waals surface area contributed by atoms with Crippen molar-refractivity contribution in [2.75, 3.05) is 0 Å². The molecule has 2 heterocycles. The van der Waals surface area contributed by atoms with Crippen molar-refractivity contribution in [3.8, 4) is 17.4 Å². The number of pyridine rings is 2. The summed E-state index contributed by atoms with van der Waals surface area (Å²) in [5, 5.41) is 0.376. The van der Waals surface area contributed by atoms with Crippen molar-refractivity contribution >= 4 is 11.6 Å². The highest BCUT2D eigenvalue weighted by Gasteiger charge is 2.03. The number of rotatable bonds is 5. The molecule has 2 aromatic heterocycles. The van der Waals surface area contributed by atoms with Crippen LogP contribution in [-0.4, -0.2) is 9.97 Å². The van der Waals surface area contributed by atoms with Crippen LogP contribution in [0.15, 0.2) is 60.8 Å². The number of hydrogen-bond donors (Lipinski definition) is 0. The normalized spacial score (nSPS) is 10.3. The van der Waals surface area contributed by atoms with Crippen molar-refractivity contribution in [3.63, 3.8) is 0 Å². The molecule has 5 heteroatoms. The Morgan fingerprint density at radius 2 is 1.83 bits per heavy atom. The van der Waals surface area contributed by atoms with E-state index in [0.717, 1.165) is 11.4 Å². The molecule has 0 aliphatic carbocycles. The van der Waals surface area contributed by atoms with Crippen LogP contribution in [0.4, 0.5) is 0 Å². The van der Waals surface area contributed by atoms with Gasteiger partial charge in [0.05, 0.1) is 5.69 Å². The minimum absolute atomic E-state index is 0.372. The van der Waals surface area contributed by atoms with Gasteiger partial charge in [-0.05, 0) is 31.2 Å². The molecule has 0 unspecified atom stereocenters. The smallest absolute Gasteiger partial charge is 0.219 e. The highest BCUT2D eigenvalue weighted by molar-refractivity contribution is 6.29. The van der Waals surface area contributed by atoms with Gasteiger partial charge in [0.1, 0.15) is 23.3 Å². The quantitative estimate of drug-likeness (QED) is 0.631. The molecule has 0 saturated carbocycles. The molecular weight excluding hydrogens is 312 g/mol. The van der Waals surface area contributed by atoms with E-state index in [2.05, 4.69) is 9.97 Å². The van der Waals surface area contributed by atoms with E-state index in [-0.39, 0.29) is 0 Å². The molecule has 0 amide bonds. The standard InChI is InChI=1S/C18H15ClN2O2/c1-13-5-7-15(8-6-13)22-12-14-3-2-4-18(21-14)23-16-9-10-20-17(19)11-16/h2-11H,12H2,1H3. The van der Waals surface area contributed by atoms with Gasteiger partial charge in [0.25, 0.3) is 0 Å². The molecule has 0 spiro atoms. The maximum Gasteiger partial charge on any atom is 0.219 e. The molecular formula is C18H15ClN2O2. The molecule has 0 aliphatic rings. The summed E-state index contributed by atoms with van der Waals surface area (Å²) in [4.78, 5) is 8.33. The van der Waals surface area contributed by atoms with Crippen LogP contribution in [0, 0.1) is 6.92 Å². The lowest BCUT2D eigenvalue weighted by molar-refractivity contribution is 0.299. The fourth-order valence-corrected chi connectivity index (χ4v) is 2.12. The molecule has 0 bridgehead atoms. The molecule has 0 fully saturated rings. The molecule has 4 nitrogen and oxygen atoms in total. The van der Waals surface area contributed by atoms with Gasteiger partial charge in [-0.1, -0.05) is 35.4 Å². The first-order valence-corrected chi connectivity index (χ1v) is 7.52. The number of hydrogen-bond acceptors (Lipinski definition) is 4. The molecule has 0 N–H and O–H groups in total. The highest BCUT2D eigenvalue weighted by atomic mass is 35.5. The Balaban J connectivity index is 1.66. The van der Waals surface area contributed by atoms with Gasteiger partial charge < -0.3 is 9.47 Å². The average Bonchev–Trinajstić information content (AvgIpc) is 2.55. The fourth-order valence-electron chi connectivity index (χ4n) is 1.96. The second kappa shape index (κ2) is 7.11. The molecule has 23 heavy (non-hydrogen) atoms. The van der Waals surface area contributed by atoms with Crippen LogP contribution in [-0.2, 0) is 6.61 Å². The summed E-state index contributed by atoms with van der Waals surface area (Å²) >= 11 is 5.84. The van der Waals surface area contributed by atoms with Crippen LogP contribution < -0.4 is 9.47 Å². The Morgan fingerprint density at radius 1 is 1.00 bits per heavy atom. The Hall–Kier alpha value is -2.59. The van der Waals surface area contributed by atoms with Gasteiger partial charge in [0.15, 0.2) is 0 Å². The van der Waals surface area contributed by atoms with E-state index >= 15 is 0 Å². The predicted molar refractivity (Wildman–Crippen MR) is 89.1 cm³/mol. The van der Waals surface area contributed by atoms with Crippen LogP contribution in [0.5, 0.6) is 17.4 Å². The zero-order chi connectivity index (χ0) is 16.1. The van der Waals surface area contributed by atoms with Crippen molar-refractivity contribution < 1.29 is 9.47 Å². The van der Waals surface area contributed by atoms with E-state index in [0.29, 0.717) is 23.4 Å². The van der Waals surface area contributed by atoms with Crippen molar-refractivity contribution in [3.05, 3.63) is 77.2 Å². The first-order valence-electron chi connectivity index (χ1n) is 7.14. The van der Waals surface area contributed by atoms with E-state index < -0.39 is 0 Å². The summed E-state index contributed by atoms with van der Waals surface area (Å²) in [6.45, 7) is 2.41. The van der Waals surface area contributed by atoms with Gasteiger partial charge in [0, 0.05) is 18.3 Å². The van der Waals surface area contributed by atoms with Gasteiger partial charge in [0.2, 0.25) is 5.88 Å². The van der Waals surface area contributed by atoms with E-state index in [1.807, 2.05) is 43.3 Å². The third-order valence-electron chi connectivity index (χ3n) is 3.11. The summed E-state index contributed by atoms with van der Waals surface area (Å²) in [6.07, 6.45) is 1.59. The van der Waals surface area contributed by atoms with Crippen LogP contribution in [0.2, 0.25) is 5.15 Å². The number of benzene rings is 1. The van der Waals surface area contributed by atoms with Gasteiger partial charge in [-0.25, -0.2) is 9.97 Å². The van der Waals surface area contributed by atoms with Crippen LogP contribution in [0.1, 0.15) is 11.3 Å². The first-order chi connectivity index (χ1) is 11.2. The third kappa shape index (κ3) is 4.44. The maximum absolute atomic E-state index is 5.84. The summed E-state index contributed by atoms with van der Waals surface area (Å²) in [5.41, 5.74) is 1.98. The molecule has 3 aromatic rings. The van der Waals surface area contributed by atoms with Gasteiger partial charge in [-0.2, -0.15) is 0 Å². The molecule has 0 atom stereocenters. The topological polar surface area (TPSA) is 44.2 Å². The van der Waals surface area contributed by atoms with Crippen molar-refractivity contribution in [2.24, 2.45) is 0 Å². The minimum atomic E-state index is 0.372. The molecule has 116 valence electrons. The van der Waals surface area contributed by atoms with Crippen molar-refractivity contribution in [2.45, 2.75) is 13.5 Å². The second-order valence-corrected chi connectivity index (χ2v) is 5.37. The summed E-state index contributed by atoms with van der Waals surface area (Å²) in [7, 11) is 0. The predicted octanol–water partition coefficient (Wildman–Crippen LogP) is 4.81. The Bertz CT molecular complexity index is 791. The molecule has 0 saturated heterocycles. The Labute approximate surface area is 139 Å². The lowest BCUT2D eigenvalue weighted by atomic mass is 10.2. The maximum atomic E-state index is 5.84. The number of aryl methyl sites for hydroxylation is 1. The van der Waals surface area contributed by atoms with E-state index in [1.54, 1.807) is 24.4 Å². The number of nitrogens with zero attached hydrogens (tertiary/aromatic N) is 2. The number of halogens is 1. The molecule has 3 rings (SSSR count). The van der Waals surface area contributed by atoms with E-state index in [9.17, 15) is 0 Å². The Kier molecular flexibility index (Phi) is 4.74. The van der Waals surface area contributed by atoms with Crippen LogP contribution in [0.3, 0.4) is 0 Å². The third-order valence-corrected chi connectivity index (χ3v) is 3.32. The minimum Gasteiger partial charge on any atom is -0.487 e. The average molecular weight is 327 g/mol. The number of aromatic nitrogens is 2.